The van der Waals surface area contributed by atoms with Gasteiger partial charge in [0.15, 0.2) is 18.1 Å². The SMILES string of the molecule is COc1ccc(-c2cn3cccnc3n2)cc1NC(=O)COc1ccccc1OC. The molecule has 0 unspecified atom stereocenters. The first-order valence-corrected chi connectivity index (χ1v) is 9.21. The summed E-state index contributed by atoms with van der Waals surface area (Å²) in [6, 6.07) is 14.4. The zero-order chi connectivity index (χ0) is 20.9. The minimum absolute atomic E-state index is 0.175. The number of imidazole rings is 1. The summed E-state index contributed by atoms with van der Waals surface area (Å²) in [4.78, 5) is 21.2. The molecule has 0 fully saturated rings. The molecule has 0 bridgehead atoms. The third-order valence-electron chi connectivity index (χ3n) is 4.43. The van der Waals surface area contributed by atoms with Gasteiger partial charge in [-0.3, -0.25) is 9.20 Å². The number of anilines is 1. The van der Waals surface area contributed by atoms with E-state index in [0.717, 1.165) is 11.3 Å². The Hall–Kier alpha value is -4.07. The lowest BCUT2D eigenvalue weighted by molar-refractivity contribution is -0.118. The van der Waals surface area contributed by atoms with Crippen molar-refractivity contribution < 1.29 is 19.0 Å². The molecular weight excluding hydrogens is 384 g/mol. The van der Waals surface area contributed by atoms with Crippen molar-refractivity contribution >= 4 is 17.4 Å². The van der Waals surface area contributed by atoms with E-state index in [2.05, 4.69) is 15.3 Å². The van der Waals surface area contributed by atoms with Crippen LogP contribution in [0, 0.1) is 0 Å². The van der Waals surface area contributed by atoms with Crippen molar-refractivity contribution in [2.24, 2.45) is 0 Å². The molecule has 30 heavy (non-hydrogen) atoms. The summed E-state index contributed by atoms with van der Waals surface area (Å²) in [5.74, 6) is 1.86. The molecule has 1 amide bonds. The lowest BCUT2D eigenvalue weighted by Crippen LogP contribution is -2.20. The molecule has 0 aliphatic heterocycles. The Bertz CT molecular complexity index is 1160. The van der Waals surface area contributed by atoms with E-state index < -0.39 is 0 Å². The highest BCUT2D eigenvalue weighted by molar-refractivity contribution is 5.94. The first kappa shape index (κ1) is 19.3. The maximum Gasteiger partial charge on any atom is 0.262 e. The van der Waals surface area contributed by atoms with E-state index in [1.165, 1.54) is 0 Å². The molecule has 4 rings (SSSR count). The molecule has 0 spiro atoms. The lowest BCUT2D eigenvalue weighted by Gasteiger charge is -2.13. The van der Waals surface area contributed by atoms with Crippen LogP contribution in [0.25, 0.3) is 17.0 Å². The number of amides is 1. The number of hydrogen-bond acceptors (Lipinski definition) is 6. The highest BCUT2D eigenvalue weighted by atomic mass is 16.5. The molecule has 0 aliphatic rings. The molecule has 0 saturated carbocycles. The molecule has 152 valence electrons. The average molecular weight is 404 g/mol. The number of carbonyl (C=O) groups excluding carboxylic acids is 1. The summed E-state index contributed by atoms with van der Waals surface area (Å²) in [5, 5.41) is 2.83. The lowest BCUT2D eigenvalue weighted by atomic mass is 10.1. The third-order valence-corrected chi connectivity index (χ3v) is 4.43. The summed E-state index contributed by atoms with van der Waals surface area (Å²) in [7, 11) is 3.10. The number of rotatable bonds is 7. The Balaban J connectivity index is 1.52. The number of para-hydroxylation sites is 2. The minimum atomic E-state index is -0.326. The van der Waals surface area contributed by atoms with E-state index in [-0.39, 0.29) is 12.5 Å². The van der Waals surface area contributed by atoms with Crippen LogP contribution in [0.4, 0.5) is 5.69 Å². The summed E-state index contributed by atoms with van der Waals surface area (Å²) < 4.78 is 18.0. The van der Waals surface area contributed by atoms with Crippen LogP contribution >= 0.6 is 0 Å². The fourth-order valence-corrected chi connectivity index (χ4v) is 3.00. The zero-order valence-corrected chi connectivity index (χ0v) is 16.5. The second-order valence-electron chi connectivity index (χ2n) is 6.36. The Kier molecular flexibility index (Phi) is 5.47. The Morgan fingerprint density at radius 2 is 1.83 bits per heavy atom. The van der Waals surface area contributed by atoms with E-state index in [4.69, 9.17) is 14.2 Å². The van der Waals surface area contributed by atoms with Crippen LogP contribution in [0.15, 0.2) is 67.1 Å². The number of fused-ring (bicyclic) bond motifs is 1. The van der Waals surface area contributed by atoms with Gasteiger partial charge in [-0.05, 0) is 36.4 Å². The van der Waals surface area contributed by atoms with Gasteiger partial charge in [-0.1, -0.05) is 12.1 Å². The second-order valence-corrected chi connectivity index (χ2v) is 6.36. The molecule has 8 heteroatoms. The van der Waals surface area contributed by atoms with Crippen molar-refractivity contribution in [2.75, 3.05) is 26.1 Å². The Labute approximate surface area is 173 Å². The first-order chi connectivity index (χ1) is 14.7. The van der Waals surface area contributed by atoms with Gasteiger partial charge in [-0.2, -0.15) is 0 Å². The van der Waals surface area contributed by atoms with E-state index >= 15 is 0 Å². The predicted octanol–water partition coefficient (Wildman–Crippen LogP) is 3.43. The zero-order valence-electron chi connectivity index (χ0n) is 16.5. The molecule has 2 heterocycles. The van der Waals surface area contributed by atoms with Crippen molar-refractivity contribution in [3.05, 3.63) is 67.1 Å². The normalized spacial score (nSPS) is 10.6. The number of ether oxygens (including phenoxy) is 3. The van der Waals surface area contributed by atoms with Gasteiger partial charge in [-0.15, -0.1) is 0 Å². The van der Waals surface area contributed by atoms with Crippen LogP contribution in [0.2, 0.25) is 0 Å². The van der Waals surface area contributed by atoms with Gasteiger partial charge in [0.25, 0.3) is 5.91 Å². The first-order valence-electron chi connectivity index (χ1n) is 9.21. The summed E-state index contributed by atoms with van der Waals surface area (Å²) in [6.07, 6.45) is 5.44. The smallest absolute Gasteiger partial charge is 0.262 e. The molecule has 1 N–H and O–H groups in total. The third kappa shape index (κ3) is 4.02. The number of benzene rings is 2. The van der Waals surface area contributed by atoms with Crippen LogP contribution in [-0.2, 0) is 4.79 Å². The van der Waals surface area contributed by atoms with E-state index in [9.17, 15) is 4.79 Å². The molecule has 4 aromatic rings. The van der Waals surface area contributed by atoms with Crippen LogP contribution in [0.1, 0.15) is 0 Å². The van der Waals surface area contributed by atoms with Crippen molar-refractivity contribution in [1.29, 1.82) is 0 Å². The van der Waals surface area contributed by atoms with Gasteiger partial charge in [0.1, 0.15) is 5.75 Å². The summed E-state index contributed by atoms with van der Waals surface area (Å²) in [5.41, 5.74) is 2.08. The summed E-state index contributed by atoms with van der Waals surface area (Å²) in [6.45, 7) is -0.175. The largest absolute Gasteiger partial charge is 0.495 e. The standard InChI is InChI=1S/C22H20N4O4/c1-28-18-9-8-15(17-13-26-11-5-10-23-22(26)25-17)12-16(18)24-21(27)14-30-20-7-4-3-6-19(20)29-2/h3-13H,14H2,1-2H3,(H,24,27). The monoisotopic (exact) mass is 404 g/mol. The van der Waals surface area contributed by atoms with Crippen LogP contribution < -0.4 is 19.5 Å². The fraction of sp³-hybridized carbons (Fsp3) is 0.136. The topological polar surface area (TPSA) is 87.0 Å². The quantitative estimate of drug-likeness (QED) is 0.508. The molecule has 0 atom stereocenters. The summed E-state index contributed by atoms with van der Waals surface area (Å²) >= 11 is 0. The van der Waals surface area contributed by atoms with Crippen LogP contribution in [0.3, 0.4) is 0 Å². The molecule has 0 saturated heterocycles. The molecule has 2 aromatic heterocycles. The van der Waals surface area contributed by atoms with Gasteiger partial charge >= 0.3 is 0 Å². The van der Waals surface area contributed by atoms with Crippen LogP contribution in [-0.4, -0.2) is 41.1 Å². The molecule has 0 radical (unpaired) electrons. The number of hydrogen-bond donors (Lipinski definition) is 1. The average Bonchev–Trinajstić information content (AvgIpc) is 3.22. The van der Waals surface area contributed by atoms with Crippen molar-refractivity contribution in [3.63, 3.8) is 0 Å². The van der Waals surface area contributed by atoms with Gasteiger partial charge in [0.05, 0.1) is 25.6 Å². The molecule has 8 nitrogen and oxygen atoms in total. The second kappa shape index (κ2) is 8.52. The maximum atomic E-state index is 12.5. The fourth-order valence-electron chi connectivity index (χ4n) is 3.00. The van der Waals surface area contributed by atoms with Gasteiger partial charge < -0.3 is 19.5 Å². The number of nitrogens with one attached hydrogen (secondary N) is 1. The number of methoxy groups -OCH3 is 2. The van der Waals surface area contributed by atoms with E-state index in [1.54, 1.807) is 38.6 Å². The molecular formula is C22H20N4O4. The number of aromatic nitrogens is 3. The van der Waals surface area contributed by atoms with Gasteiger partial charge in [-0.25, -0.2) is 9.97 Å². The van der Waals surface area contributed by atoms with Gasteiger partial charge in [0, 0.05) is 24.2 Å². The van der Waals surface area contributed by atoms with Crippen molar-refractivity contribution in [1.82, 2.24) is 14.4 Å². The Morgan fingerprint density at radius 1 is 1.03 bits per heavy atom. The van der Waals surface area contributed by atoms with Crippen LogP contribution in [0.5, 0.6) is 17.2 Å². The highest BCUT2D eigenvalue weighted by Gasteiger charge is 2.13. The van der Waals surface area contributed by atoms with Gasteiger partial charge in [0.2, 0.25) is 5.78 Å². The number of nitrogens with zero attached hydrogens (tertiary/aromatic N) is 3. The molecule has 0 aliphatic carbocycles. The van der Waals surface area contributed by atoms with E-state index in [0.29, 0.717) is 28.7 Å². The highest BCUT2D eigenvalue weighted by Crippen LogP contribution is 2.30. The Morgan fingerprint density at radius 3 is 2.60 bits per heavy atom. The van der Waals surface area contributed by atoms with E-state index in [1.807, 2.05) is 47.1 Å². The maximum absolute atomic E-state index is 12.5. The minimum Gasteiger partial charge on any atom is -0.495 e. The van der Waals surface area contributed by atoms with Crippen molar-refractivity contribution in [3.8, 4) is 28.5 Å². The van der Waals surface area contributed by atoms with Crippen molar-refractivity contribution in [2.45, 2.75) is 0 Å². The molecule has 2 aromatic carbocycles. The number of carbonyl (C=O) groups is 1. The predicted molar refractivity (Wildman–Crippen MR) is 112 cm³/mol.